The third-order valence-corrected chi connectivity index (χ3v) is 6.90. The number of aromatic nitrogens is 2. The number of alkyl halides is 3. The van der Waals surface area contributed by atoms with Crippen LogP contribution in [0.4, 0.5) is 18.2 Å². The number of amides is 1. The molecule has 180 valence electrons. The van der Waals surface area contributed by atoms with E-state index in [1.807, 2.05) is 6.92 Å². The van der Waals surface area contributed by atoms with Gasteiger partial charge in [-0.15, -0.1) is 11.3 Å². The summed E-state index contributed by atoms with van der Waals surface area (Å²) >= 11 is 2.03. The molecule has 0 radical (unpaired) electrons. The molecular weight excluding hydrogens is 487 g/mol. The maximum absolute atomic E-state index is 13.4. The van der Waals surface area contributed by atoms with Crippen molar-refractivity contribution in [1.82, 2.24) is 9.97 Å². The molecular formula is C23H22F3N3O3S2. The topological polar surface area (TPSA) is 81.2 Å². The molecule has 1 atom stereocenters. The van der Waals surface area contributed by atoms with Gasteiger partial charge in [-0.05, 0) is 39.3 Å². The van der Waals surface area contributed by atoms with Crippen LogP contribution in [0.5, 0.6) is 0 Å². The number of aryl methyl sites for hydroxylation is 1. The molecule has 0 bridgehead atoms. The summed E-state index contributed by atoms with van der Waals surface area (Å²) in [5.74, 6) is -1.05. The molecule has 0 aliphatic carbocycles. The van der Waals surface area contributed by atoms with Crippen LogP contribution in [-0.2, 0) is 15.7 Å². The summed E-state index contributed by atoms with van der Waals surface area (Å²) in [4.78, 5) is 33.9. The smallest absolute Gasteiger partial charge is 0.433 e. The number of anilines is 1. The van der Waals surface area contributed by atoms with Crippen molar-refractivity contribution < 1.29 is 27.5 Å². The third-order valence-electron chi connectivity index (χ3n) is 4.82. The van der Waals surface area contributed by atoms with Crippen LogP contribution in [0.1, 0.15) is 40.3 Å². The lowest BCUT2D eigenvalue weighted by molar-refractivity contribution is -0.141. The highest BCUT2D eigenvalue weighted by molar-refractivity contribution is 8.00. The second-order valence-electron chi connectivity index (χ2n) is 7.24. The summed E-state index contributed by atoms with van der Waals surface area (Å²) in [5, 5.41) is 2.01. The number of hydrogen-bond acceptors (Lipinski definition) is 7. The number of carbonyl (C=O) groups is 2. The van der Waals surface area contributed by atoms with Gasteiger partial charge in [-0.25, -0.2) is 14.8 Å². The fourth-order valence-electron chi connectivity index (χ4n) is 2.97. The summed E-state index contributed by atoms with van der Waals surface area (Å²) < 4.78 is 45.4. The summed E-state index contributed by atoms with van der Waals surface area (Å²) in [6.45, 7) is 6.97. The van der Waals surface area contributed by atoms with Crippen molar-refractivity contribution in [3.05, 3.63) is 58.1 Å². The first kappa shape index (κ1) is 25.7. The predicted molar refractivity (Wildman–Crippen MR) is 126 cm³/mol. The van der Waals surface area contributed by atoms with Crippen LogP contribution in [-0.4, -0.2) is 33.7 Å². The number of hydrogen-bond donors (Lipinski definition) is 1. The molecule has 0 fully saturated rings. The van der Waals surface area contributed by atoms with Gasteiger partial charge in [0.15, 0.2) is 5.16 Å². The Balaban J connectivity index is 1.86. The first-order chi connectivity index (χ1) is 16.0. The predicted octanol–water partition coefficient (Wildman–Crippen LogP) is 6.14. The molecule has 6 nitrogen and oxygen atoms in total. The van der Waals surface area contributed by atoms with Crippen LogP contribution in [0.15, 0.2) is 41.6 Å². The number of thioether (sulfide) groups is 1. The van der Waals surface area contributed by atoms with E-state index in [-0.39, 0.29) is 23.0 Å². The molecule has 1 aromatic carbocycles. The van der Waals surface area contributed by atoms with E-state index in [4.69, 9.17) is 4.74 Å². The number of nitrogens with one attached hydrogen (secondary N) is 1. The lowest BCUT2D eigenvalue weighted by atomic mass is 10.1. The fraction of sp³-hybridized carbons (Fsp3) is 0.304. The molecule has 34 heavy (non-hydrogen) atoms. The minimum absolute atomic E-state index is 0.104. The van der Waals surface area contributed by atoms with Gasteiger partial charge in [0, 0.05) is 10.4 Å². The number of carbonyl (C=O) groups excluding carboxylic acids is 2. The fourth-order valence-corrected chi connectivity index (χ4v) is 4.80. The van der Waals surface area contributed by atoms with Crippen molar-refractivity contribution in [2.45, 2.75) is 44.3 Å². The van der Waals surface area contributed by atoms with Crippen molar-refractivity contribution in [2.24, 2.45) is 0 Å². The van der Waals surface area contributed by atoms with Crippen molar-refractivity contribution in [2.75, 3.05) is 11.9 Å². The highest BCUT2D eigenvalue weighted by atomic mass is 32.2. The van der Waals surface area contributed by atoms with Gasteiger partial charge in [-0.2, -0.15) is 13.2 Å². The Morgan fingerprint density at radius 3 is 2.47 bits per heavy atom. The van der Waals surface area contributed by atoms with Gasteiger partial charge in [-0.1, -0.05) is 42.1 Å². The molecule has 1 unspecified atom stereocenters. The monoisotopic (exact) mass is 509 g/mol. The first-order valence-corrected chi connectivity index (χ1v) is 12.0. The number of rotatable bonds is 7. The van der Waals surface area contributed by atoms with Crippen LogP contribution >= 0.6 is 23.1 Å². The van der Waals surface area contributed by atoms with E-state index in [9.17, 15) is 22.8 Å². The molecule has 3 rings (SSSR count). The van der Waals surface area contributed by atoms with Gasteiger partial charge in [0.05, 0.1) is 23.1 Å². The lowest BCUT2D eigenvalue weighted by Gasteiger charge is -2.14. The third kappa shape index (κ3) is 5.95. The summed E-state index contributed by atoms with van der Waals surface area (Å²) in [7, 11) is 0. The first-order valence-electron chi connectivity index (χ1n) is 10.3. The molecule has 1 N–H and O–H groups in total. The SMILES string of the molecule is CCOC(=O)c1c(NC(=O)C(C)Sc2nc(-c3ccccc3)cc(C(F)(F)F)n2)sc(C)c1C. The average Bonchev–Trinajstić information content (AvgIpc) is 3.06. The Morgan fingerprint density at radius 1 is 1.18 bits per heavy atom. The Morgan fingerprint density at radius 2 is 1.85 bits per heavy atom. The molecule has 0 saturated heterocycles. The quantitative estimate of drug-likeness (QED) is 0.234. The molecule has 3 aromatic rings. The van der Waals surface area contributed by atoms with Crippen LogP contribution in [0.25, 0.3) is 11.3 Å². The van der Waals surface area contributed by atoms with Gasteiger partial charge < -0.3 is 10.1 Å². The summed E-state index contributed by atoms with van der Waals surface area (Å²) in [6.07, 6.45) is -4.67. The molecule has 2 aromatic heterocycles. The number of thiophene rings is 1. The molecule has 0 aliphatic heterocycles. The van der Waals surface area contributed by atoms with Crippen LogP contribution in [0.2, 0.25) is 0 Å². The van der Waals surface area contributed by atoms with Crippen LogP contribution in [0.3, 0.4) is 0 Å². The van der Waals surface area contributed by atoms with E-state index in [1.54, 1.807) is 44.2 Å². The van der Waals surface area contributed by atoms with Gasteiger partial charge in [-0.3, -0.25) is 4.79 Å². The minimum Gasteiger partial charge on any atom is -0.462 e. The van der Waals surface area contributed by atoms with E-state index in [0.717, 1.165) is 22.7 Å². The van der Waals surface area contributed by atoms with Gasteiger partial charge in [0.25, 0.3) is 0 Å². The van der Waals surface area contributed by atoms with E-state index in [2.05, 4.69) is 15.3 Å². The van der Waals surface area contributed by atoms with E-state index in [1.165, 1.54) is 18.3 Å². The molecule has 1 amide bonds. The summed E-state index contributed by atoms with van der Waals surface area (Å²) in [5.41, 5.74) is 0.486. The zero-order valence-electron chi connectivity index (χ0n) is 18.8. The lowest BCUT2D eigenvalue weighted by Crippen LogP contribution is -2.23. The summed E-state index contributed by atoms with van der Waals surface area (Å²) in [6, 6.07) is 9.30. The van der Waals surface area contributed by atoms with Crippen molar-refractivity contribution >= 4 is 40.0 Å². The van der Waals surface area contributed by atoms with Crippen molar-refractivity contribution in [1.29, 1.82) is 0 Å². The molecule has 2 heterocycles. The number of nitrogens with zero attached hydrogens (tertiary/aromatic N) is 2. The van der Waals surface area contributed by atoms with Crippen molar-refractivity contribution in [3.8, 4) is 11.3 Å². The second-order valence-corrected chi connectivity index (χ2v) is 9.77. The van der Waals surface area contributed by atoms with E-state index in [0.29, 0.717) is 16.1 Å². The zero-order valence-corrected chi connectivity index (χ0v) is 20.5. The maximum atomic E-state index is 13.4. The maximum Gasteiger partial charge on any atom is 0.433 e. The van der Waals surface area contributed by atoms with Crippen LogP contribution < -0.4 is 5.32 Å². The molecule has 11 heteroatoms. The Bertz CT molecular complexity index is 1200. The standard InChI is InChI=1S/C23H22F3N3O3S2/c1-5-32-21(31)18-12(2)13(3)33-20(18)29-19(30)14(4)34-22-27-16(15-9-7-6-8-10-15)11-17(28-22)23(24,25)26/h6-11,14H,5H2,1-4H3,(H,29,30). The van der Waals surface area contributed by atoms with Gasteiger partial charge in [0.2, 0.25) is 5.91 Å². The van der Waals surface area contributed by atoms with E-state index < -0.39 is 29.0 Å². The average molecular weight is 510 g/mol. The normalized spacial score (nSPS) is 12.3. The largest absolute Gasteiger partial charge is 0.462 e. The van der Waals surface area contributed by atoms with E-state index >= 15 is 0 Å². The molecule has 0 aliphatic rings. The minimum atomic E-state index is -4.67. The highest BCUT2D eigenvalue weighted by Gasteiger charge is 2.34. The zero-order chi connectivity index (χ0) is 25.0. The van der Waals surface area contributed by atoms with Crippen molar-refractivity contribution in [3.63, 3.8) is 0 Å². The number of benzene rings is 1. The molecule has 0 spiro atoms. The highest BCUT2D eigenvalue weighted by Crippen LogP contribution is 2.35. The van der Waals surface area contributed by atoms with Crippen LogP contribution in [0, 0.1) is 13.8 Å². The second kappa shape index (κ2) is 10.6. The Hall–Kier alpha value is -2.92. The van der Waals surface area contributed by atoms with Gasteiger partial charge >= 0.3 is 12.1 Å². The number of esters is 1. The Labute approximate surface area is 203 Å². The number of halogens is 3. The molecule has 0 saturated carbocycles. The van der Waals surface area contributed by atoms with Gasteiger partial charge in [0.1, 0.15) is 10.7 Å². The Kier molecular flexibility index (Phi) is 7.98. The number of ether oxygens (including phenoxy) is 1.